The van der Waals surface area contributed by atoms with Crippen molar-refractivity contribution >= 4 is 28.5 Å². The van der Waals surface area contributed by atoms with Gasteiger partial charge in [0.2, 0.25) is 0 Å². The van der Waals surface area contributed by atoms with Gasteiger partial charge >= 0.3 is 12.0 Å². The number of carbonyl (C=O) groups is 2. The van der Waals surface area contributed by atoms with Crippen LogP contribution in [0.2, 0.25) is 0 Å². The van der Waals surface area contributed by atoms with Gasteiger partial charge in [-0.2, -0.15) is 0 Å². The molecule has 0 saturated heterocycles. The number of nitrogens with one attached hydrogen (secondary N) is 2. The number of rotatable bonds is 5. The lowest BCUT2D eigenvalue weighted by Gasteiger charge is -2.06. The van der Waals surface area contributed by atoms with Crippen LogP contribution in [0.4, 0.5) is 9.80 Å². The van der Waals surface area contributed by atoms with Crippen molar-refractivity contribution in [3.63, 3.8) is 0 Å². The number of carboxylic acid groups (broad SMARTS) is 1. The van der Waals surface area contributed by atoms with E-state index >= 15 is 0 Å². The molecule has 0 unspecified atom stereocenters. The normalized spacial score (nSPS) is 10.0. The third-order valence-electron chi connectivity index (χ3n) is 2.47. The summed E-state index contributed by atoms with van der Waals surface area (Å²) in [6, 6.07) is 6.28. The molecule has 0 radical (unpaired) electrons. The second kappa shape index (κ2) is 6.62. The van der Waals surface area contributed by atoms with E-state index in [9.17, 15) is 9.59 Å². The third-order valence-corrected chi connectivity index (χ3v) is 3.05. The van der Waals surface area contributed by atoms with Crippen molar-refractivity contribution in [2.45, 2.75) is 6.42 Å². The predicted molar refractivity (Wildman–Crippen MR) is 74.0 cm³/mol. The van der Waals surface area contributed by atoms with Crippen LogP contribution in [0.15, 0.2) is 30.5 Å². The van der Waals surface area contributed by atoms with Crippen LogP contribution in [0, 0.1) is 0 Å². The first-order valence-corrected chi connectivity index (χ1v) is 6.57. The molecular weight excluding hydrogens is 280 g/mol. The average molecular weight is 292 g/mol. The van der Waals surface area contributed by atoms with E-state index in [0.29, 0.717) is 18.0 Å². The number of urea groups is 1. The van der Waals surface area contributed by atoms with Gasteiger partial charge in [-0.15, -0.1) is 5.10 Å². The molecule has 0 saturated carbocycles. The summed E-state index contributed by atoms with van der Waals surface area (Å²) in [5.74, 6) is -0.963. The van der Waals surface area contributed by atoms with E-state index in [1.807, 2.05) is 6.07 Å². The summed E-state index contributed by atoms with van der Waals surface area (Å²) in [4.78, 5) is 22.3. The number of carbonyl (C=O) groups excluding carboxylic acids is 1. The van der Waals surface area contributed by atoms with E-state index in [1.165, 1.54) is 12.3 Å². The maximum absolute atomic E-state index is 11.5. The van der Waals surface area contributed by atoms with Crippen molar-refractivity contribution in [2.24, 2.45) is 0 Å². The predicted octanol–water partition coefficient (Wildman–Crippen LogP) is 1.60. The van der Waals surface area contributed by atoms with Crippen LogP contribution < -0.4 is 10.6 Å². The van der Waals surface area contributed by atoms with Gasteiger partial charge < -0.3 is 10.4 Å². The summed E-state index contributed by atoms with van der Waals surface area (Å²) >= 11 is 1.09. The Labute approximate surface area is 118 Å². The summed E-state index contributed by atoms with van der Waals surface area (Å²) in [5.41, 5.74) is 1.09. The molecule has 0 spiro atoms. The van der Waals surface area contributed by atoms with E-state index in [4.69, 9.17) is 5.11 Å². The fourth-order valence-electron chi connectivity index (χ4n) is 1.56. The van der Waals surface area contributed by atoms with E-state index in [-0.39, 0.29) is 11.6 Å². The molecule has 2 rings (SSSR count). The van der Waals surface area contributed by atoms with Crippen molar-refractivity contribution in [3.8, 4) is 0 Å². The van der Waals surface area contributed by atoms with Gasteiger partial charge in [-0.25, -0.2) is 9.59 Å². The van der Waals surface area contributed by atoms with E-state index in [2.05, 4.69) is 20.2 Å². The highest BCUT2D eigenvalue weighted by Gasteiger charge is 2.05. The molecule has 2 amide bonds. The molecule has 1 heterocycles. The van der Waals surface area contributed by atoms with E-state index in [0.717, 1.165) is 17.1 Å². The molecule has 0 atom stereocenters. The fourth-order valence-corrected chi connectivity index (χ4v) is 1.97. The Hall–Kier alpha value is -2.48. The standard InChI is InChI=1S/C12H12N4O3S/c17-11(18)9-3-1-2-8(6-9)4-5-13-12(19)15-10-7-14-16-20-10/h1-3,6-7H,4-5H2,(H,17,18)(H2,13,15,19). The first-order valence-electron chi connectivity index (χ1n) is 5.79. The molecule has 0 fully saturated rings. The summed E-state index contributed by atoms with van der Waals surface area (Å²) < 4.78 is 3.62. The van der Waals surface area contributed by atoms with Crippen LogP contribution >= 0.6 is 11.5 Å². The summed E-state index contributed by atoms with van der Waals surface area (Å²) in [6.45, 7) is 0.404. The number of aromatic carboxylic acids is 1. The van der Waals surface area contributed by atoms with Crippen molar-refractivity contribution in [2.75, 3.05) is 11.9 Å². The Bertz CT molecular complexity index is 601. The van der Waals surface area contributed by atoms with Gasteiger partial charge in [0.1, 0.15) is 5.00 Å². The number of hydrogen-bond donors (Lipinski definition) is 3. The molecular formula is C12H12N4O3S. The summed E-state index contributed by atoms with van der Waals surface area (Å²) in [6.07, 6.45) is 2.01. The maximum Gasteiger partial charge on any atom is 0.335 e. The van der Waals surface area contributed by atoms with Gasteiger partial charge in [0.05, 0.1) is 11.8 Å². The monoisotopic (exact) mass is 292 g/mol. The average Bonchev–Trinajstić information content (AvgIpc) is 2.92. The number of carboxylic acids is 1. The van der Waals surface area contributed by atoms with E-state index < -0.39 is 5.97 Å². The SMILES string of the molecule is O=C(NCCc1cccc(C(=O)O)c1)Nc1cnns1. The van der Waals surface area contributed by atoms with Crippen molar-refractivity contribution < 1.29 is 14.7 Å². The highest BCUT2D eigenvalue weighted by Crippen LogP contribution is 2.08. The fraction of sp³-hybridized carbons (Fsp3) is 0.167. The first kappa shape index (κ1) is 13.9. The molecule has 0 aliphatic heterocycles. The van der Waals surface area contributed by atoms with Gasteiger partial charge in [-0.3, -0.25) is 5.32 Å². The number of benzene rings is 1. The quantitative estimate of drug-likeness (QED) is 0.776. The summed E-state index contributed by atoms with van der Waals surface area (Å²) in [5, 5.41) is 18.3. The molecule has 1 aromatic carbocycles. The Morgan fingerprint density at radius 2 is 2.20 bits per heavy atom. The molecule has 0 aliphatic rings. The zero-order valence-corrected chi connectivity index (χ0v) is 11.2. The maximum atomic E-state index is 11.5. The highest BCUT2D eigenvalue weighted by atomic mass is 32.1. The second-order valence-corrected chi connectivity index (χ2v) is 4.70. The van der Waals surface area contributed by atoms with Crippen LogP contribution in [0.3, 0.4) is 0 Å². The van der Waals surface area contributed by atoms with Crippen molar-refractivity contribution in [3.05, 3.63) is 41.6 Å². The molecule has 7 nitrogen and oxygen atoms in total. The minimum atomic E-state index is -0.963. The number of aromatic nitrogens is 2. The lowest BCUT2D eigenvalue weighted by atomic mass is 10.1. The smallest absolute Gasteiger partial charge is 0.335 e. The van der Waals surface area contributed by atoms with Crippen molar-refractivity contribution in [1.29, 1.82) is 0 Å². The lowest BCUT2D eigenvalue weighted by molar-refractivity contribution is 0.0696. The zero-order valence-electron chi connectivity index (χ0n) is 10.4. The Morgan fingerprint density at radius 3 is 2.90 bits per heavy atom. The van der Waals surface area contributed by atoms with Gasteiger partial charge in [0, 0.05) is 18.1 Å². The Kier molecular flexibility index (Phi) is 4.61. The molecule has 3 N–H and O–H groups in total. The Balaban J connectivity index is 1.79. The highest BCUT2D eigenvalue weighted by molar-refractivity contribution is 7.10. The molecule has 20 heavy (non-hydrogen) atoms. The van der Waals surface area contributed by atoms with E-state index in [1.54, 1.807) is 12.1 Å². The third kappa shape index (κ3) is 4.02. The number of amides is 2. The number of anilines is 1. The van der Waals surface area contributed by atoms with Gasteiger partial charge in [0.15, 0.2) is 0 Å². The van der Waals surface area contributed by atoms with Gasteiger partial charge in [-0.05, 0) is 24.1 Å². The molecule has 2 aromatic rings. The minimum absolute atomic E-state index is 0.239. The first-order chi connectivity index (χ1) is 9.65. The van der Waals surface area contributed by atoms with Crippen molar-refractivity contribution in [1.82, 2.24) is 14.9 Å². The molecule has 0 bridgehead atoms. The topological polar surface area (TPSA) is 104 Å². The van der Waals surface area contributed by atoms with Gasteiger partial charge in [0.25, 0.3) is 0 Å². The molecule has 0 aliphatic carbocycles. The lowest BCUT2D eigenvalue weighted by Crippen LogP contribution is -2.30. The zero-order chi connectivity index (χ0) is 14.4. The van der Waals surface area contributed by atoms with Crippen LogP contribution in [0.25, 0.3) is 0 Å². The number of nitrogens with zero attached hydrogens (tertiary/aromatic N) is 2. The molecule has 8 heteroatoms. The van der Waals surface area contributed by atoms with Crippen LogP contribution in [-0.4, -0.2) is 33.2 Å². The Morgan fingerprint density at radius 1 is 1.35 bits per heavy atom. The second-order valence-electron chi connectivity index (χ2n) is 3.92. The van der Waals surface area contributed by atoms with Crippen LogP contribution in [0.1, 0.15) is 15.9 Å². The molecule has 1 aromatic heterocycles. The number of hydrogen-bond acceptors (Lipinski definition) is 5. The van der Waals surface area contributed by atoms with Gasteiger partial charge in [-0.1, -0.05) is 16.6 Å². The minimum Gasteiger partial charge on any atom is -0.478 e. The van der Waals surface area contributed by atoms with Crippen LogP contribution in [-0.2, 0) is 6.42 Å². The molecule has 104 valence electrons. The summed E-state index contributed by atoms with van der Waals surface area (Å²) in [7, 11) is 0. The largest absolute Gasteiger partial charge is 0.478 e. The van der Waals surface area contributed by atoms with Crippen LogP contribution in [0.5, 0.6) is 0 Å².